The Kier molecular flexibility index (Phi) is 5.76. The molecule has 31 heavy (non-hydrogen) atoms. The van der Waals surface area contributed by atoms with Gasteiger partial charge in [0, 0.05) is 17.7 Å². The number of allylic oxidation sites excluding steroid dienone is 3. The molecule has 2 heterocycles. The molecule has 0 saturated carbocycles. The zero-order valence-corrected chi connectivity index (χ0v) is 20.0. The van der Waals surface area contributed by atoms with Crippen molar-refractivity contribution in [3.8, 4) is 6.07 Å². The van der Waals surface area contributed by atoms with Crippen molar-refractivity contribution in [3.05, 3.63) is 69.5 Å². The predicted molar refractivity (Wildman–Crippen MR) is 129 cm³/mol. The highest BCUT2D eigenvalue weighted by molar-refractivity contribution is 8.01. The zero-order chi connectivity index (χ0) is 22.3. The van der Waals surface area contributed by atoms with Crippen LogP contribution in [0.2, 0.25) is 0 Å². The zero-order valence-electron chi connectivity index (χ0n) is 18.4. The fourth-order valence-electron chi connectivity index (χ4n) is 4.68. The van der Waals surface area contributed by atoms with Crippen LogP contribution in [0, 0.1) is 23.7 Å². The summed E-state index contributed by atoms with van der Waals surface area (Å²) in [6, 6.07) is 12.4. The van der Waals surface area contributed by atoms with E-state index in [-0.39, 0.29) is 11.2 Å². The molecule has 2 N–H and O–H groups in total. The Bertz CT molecular complexity index is 1150. The Labute approximate surface area is 192 Å². The van der Waals surface area contributed by atoms with E-state index in [1.54, 1.807) is 23.1 Å². The SMILES string of the molecule is CCSc1sccc1C1C(C#N)=C(N)N(c2ccccc2C)C2=C1C(=O)CC(C)(C)C2. The van der Waals surface area contributed by atoms with Crippen LogP contribution in [0.5, 0.6) is 0 Å². The molecular weight excluding hydrogens is 422 g/mol. The van der Waals surface area contributed by atoms with E-state index in [1.165, 1.54) is 0 Å². The van der Waals surface area contributed by atoms with Gasteiger partial charge in [0.25, 0.3) is 0 Å². The maximum absolute atomic E-state index is 13.6. The van der Waals surface area contributed by atoms with Crippen molar-refractivity contribution in [1.82, 2.24) is 0 Å². The first-order valence-electron chi connectivity index (χ1n) is 10.5. The Hall–Kier alpha value is -2.49. The number of nitrogens with two attached hydrogens (primary N) is 1. The Morgan fingerprint density at radius 2 is 2.03 bits per heavy atom. The molecule has 1 atom stereocenters. The Morgan fingerprint density at radius 1 is 1.29 bits per heavy atom. The van der Waals surface area contributed by atoms with Crippen LogP contribution >= 0.6 is 23.1 Å². The number of thiophene rings is 1. The molecule has 160 valence electrons. The number of para-hydroxylation sites is 1. The molecule has 0 spiro atoms. The van der Waals surface area contributed by atoms with Crippen molar-refractivity contribution in [1.29, 1.82) is 5.26 Å². The van der Waals surface area contributed by atoms with Gasteiger partial charge < -0.3 is 5.73 Å². The van der Waals surface area contributed by atoms with Crippen LogP contribution in [0.1, 0.15) is 50.7 Å². The van der Waals surface area contributed by atoms with Crippen molar-refractivity contribution < 1.29 is 4.79 Å². The number of aryl methyl sites for hydroxylation is 1. The number of nitriles is 1. The van der Waals surface area contributed by atoms with Gasteiger partial charge in [0.05, 0.1) is 27.5 Å². The summed E-state index contributed by atoms with van der Waals surface area (Å²) >= 11 is 3.42. The van der Waals surface area contributed by atoms with E-state index in [0.29, 0.717) is 17.8 Å². The van der Waals surface area contributed by atoms with Gasteiger partial charge in [0.2, 0.25) is 0 Å². The molecule has 4 rings (SSSR count). The number of benzene rings is 1. The molecule has 0 saturated heterocycles. The maximum Gasteiger partial charge on any atom is 0.162 e. The number of rotatable bonds is 4. The number of hydrogen-bond donors (Lipinski definition) is 1. The molecule has 1 aromatic carbocycles. The third-order valence-corrected chi connectivity index (χ3v) is 8.13. The molecule has 6 heteroatoms. The summed E-state index contributed by atoms with van der Waals surface area (Å²) in [7, 11) is 0. The number of thioether (sulfide) groups is 1. The van der Waals surface area contributed by atoms with Crippen molar-refractivity contribution in [2.45, 2.75) is 50.7 Å². The lowest BCUT2D eigenvalue weighted by Crippen LogP contribution is -2.42. The van der Waals surface area contributed by atoms with Gasteiger partial charge >= 0.3 is 0 Å². The monoisotopic (exact) mass is 449 g/mol. The summed E-state index contributed by atoms with van der Waals surface area (Å²) in [5.74, 6) is 1.09. The van der Waals surface area contributed by atoms with E-state index in [1.807, 2.05) is 41.5 Å². The van der Waals surface area contributed by atoms with Crippen molar-refractivity contribution in [2.24, 2.45) is 11.1 Å². The highest BCUT2D eigenvalue weighted by atomic mass is 32.2. The summed E-state index contributed by atoms with van der Waals surface area (Å²) in [4.78, 5) is 15.6. The number of nitrogens with zero attached hydrogens (tertiary/aromatic N) is 2. The van der Waals surface area contributed by atoms with Gasteiger partial charge in [-0.1, -0.05) is 39.0 Å². The van der Waals surface area contributed by atoms with Crippen LogP contribution in [0.4, 0.5) is 5.69 Å². The highest BCUT2D eigenvalue weighted by Crippen LogP contribution is 2.52. The fourth-order valence-corrected chi connectivity index (χ4v) is 6.74. The van der Waals surface area contributed by atoms with Crippen molar-refractivity contribution >= 4 is 34.6 Å². The molecule has 1 aromatic heterocycles. The molecular formula is C25H27N3OS2. The normalized spacial score (nSPS) is 20.7. The second-order valence-corrected chi connectivity index (χ2v) is 11.3. The number of Topliss-reactive ketones (excluding diaryl/α,β-unsaturated/α-hetero) is 1. The topological polar surface area (TPSA) is 70.1 Å². The average molecular weight is 450 g/mol. The lowest BCUT2D eigenvalue weighted by atomic mass is 9.69. The molecule has 1 aliphatic heterocycles. The summed E-state index contributed by atoms with van der Waals surface area (Å²) in [5, 5.41) is 12.3. The predicted octanol–water partition coefficient (Wildman–Crippen LogP) is 6.11. The smallest absolute Gasteiger partial charge is 0.162 e. The second kappa shape index (κ2) is 8.22. The van der Waals surface area contributed by atoms with Crippen LogP contribution in [0.25, 0.3) is 0 Å². The summed E-state index contributed by atoms with van der Waals surface area (Å²) < 4.78 is 1.15. The van der Waals surface area contributed by atoms with E-state index >= 15 is 0 Å². The fraction of sp³-hybridized carbons (Fsp3) is 0.360. The number of carbonyl (C=O) groups excluding carboxylic acids is 1. The second-order valence-electron chi connectivity index (χ2n) is 8.86. The van der Waals surface area contributed by atoms with Gasteiger partial charge in [-0.3, -0.25) is 9.69 Å². The first-order valence-corrected chi connectivity index (χ1v) is 12.4. The number of carbonyl (C=O) groups is 1. The average Bonchev–Trinajstić information content (AvgIpc) is 3.15. The lowest BCUT2D eigenvalue weighted by Gasteiger charge is -2.44. The first-order chi connectivity index (χ1) is 14.8. The third-order valence-electron chi connectivity index (χ3n) is 5.98. The van der Waals surface area contributed by atoms with Crippen molar-refractivity contribution in [3.63, 3.8) is 0 Å². The quantitative estimate of drug-likeness (QED) is 0.570. The minimum atomic E-state index is -0.399. The largest absolute Gasteiger partial charge is 0.384 e. The number of ketones is 1. The summed E-state index contributed by atoms with van der Waals surface area (Å²) in [5.41, 5.74) is 11.7. The highest BCUT2D eigenvalue weighted by Gasteiger charge is 2.45. The third kappa shape index (κ3) is 3.71. The molecule has 2 aliphatic rings. The molecule has 1 aliphatic carbocycles. The maximum atomic E-state index is 13.6. The van der Waals surface area contributed by atoms with E-state index < -0.39 is 5.92 Å². The van der Waals surface area contributed by atoms with E-state index in [4.69, 9.17) is 5.73 Å². The number of hydrogen-bond acceptors (Lipinski definition) is 6. The van der Waals surface area contributed by atoms with Gasteiger partial charge in [0.1, 0.15) is 5.82 Å². The Morgan fingerprint density at radius 3 is 2.71 bits per heavy atom. The molecule has 0 radical (unpaired) electrons. The molecule has 0 bridgehead atoms. The van der Waals surface area contributed by atoms with Crippen LogP contribution < -0.4 is 10.6 Å². The molecule has 2 aromatic rings. The van der Waals surface area contributed by atoms with E-state index in [9.17, 15) is 10.1 Å². The molecule has 4 nitrogen and oxygen atoms in total. The van der Waals surface area contributed by atoms with Gasteiger partial charge in [-0.05, 0) is 53.2 Å². The van der Waals surface area contributed by atoms with E-state index in [2.05, 4.69) is 32.9 Å². The van der Waals surface area contributed by atoms with Crippen LogP contribution in [-0.4, -0.2) is 11.5 Å². The Balaban J connectivity index is 2.01. The molecule has 0 fully saturated rings. The van der Waals surface area contributed by atoms with Gasteiger partial charge in [-0.2, -0.15) is 5.26 Å². The van der Waals surface area contributed by atoms with Crippen LogP contribution in [0.3, 0.4) is 0 Å². The van der Waals surface area contributed by atoms with Crippen LogP contribution in [0.15, 0.2) is 62.6 Å². The number of anilines is 1. The molecule has 0 amide bonds. The summed E-state index contributed by atoms with van der Waals surface area (Å²) in [6.45, 7) is 8.40. The minimum Gasteiger partial charge on any atom is -0.384 e. The molecule has 1 unspecified atom stereocenters. The van der Waals surface area contributed by atoms with Gasteiger partial charge in [-0.15, -0.1) is 23.1 Å². The van der Waals surface area contributed by atoms with Gasteiger partial charge in [0.15, 0.2) is 5.78 Å². The first kappa shape index (κ1) is 21.7. The van der Waals surface area contributed by atoms with Gasteiger partial charge in [-0.25, -0.2) is 0 Å². The van der Waals surface area contributed by atoms with Crippen molar-refractivity contribution in [2.75, 3.05) is 10.7 Å². The summed E-state index contributed by atoms with van der Waals surface area (Å²) in [6.07, 6.45) is 1.21. The lowest BCUT2D eigenvalue weighted by molar-refractivity contribution is -0.118. The van der Waals surface area contributed by atoms with E-state index in [0.717, 1.165) is 44.5 Å². The van der Waals surface area contributed by atoms with Crippen LogP contribution in [-0.2, 0) is 4.79 Å². The standard InChI is InChI=1S/C25H27N3OS2/c1-5-30-24-16(10-11-31-24)21-17(14-26)23(27)28(18-9-7-6-8-15(18)2)19-12-25(3,4)13-20(29)22(19)21/h6-11,21H,5,12-13,27H2,1-4H3. The minimum absolute atomic E-state index is 0.119.